The Hall–Kier alpha value is -7.10. The van der Waals surface area contributed by atoms with Crippen molar-refractivity contribution in [2.45, 2.75) is 0 Å². The molecule has 4 heterocycles. The van der Waals surface area contributed by atoms with E-state index in [0.717, 1.165) is 11.4 Å². The molecule has 3 heteroatoms. The molecule has 0 aliphatic heterocycles. The molecular weight excluding hydrogens is 643 g/mol. The zero-order valence-corrected chi connectivity index (χ0v) is 28.6. The van der Waals surface area contributed by atoms with E-state index in [1.54, 1.807) is 0 Å². The normalized spacial score (nSPS) is 12.5. The Morgan fingerprint density at radius 2 is 0.830 bits per heavy atom. The minimum absolute atomic E-state index is 1.13. The Labute approximate surface area is 303 Å². The van der Waals surface area contributed by atoms with Crippen LogP contribution < -0.4 is 4.90 Å². The Kier molecular flexibility index (Phi) is 5.11. The Morgan fingerprint density at radius 3 is 1.57 bits per heavy atom. The largest absolute Gasteiger partial charge is 0.308 e. The van der Waals surface area contributed by atoms with E-state index in [2.05, 4.69) is 190 Å². The molecule has 9 aromatic carbocycles. The van der Waals surface area contributed by atoms with Crippen molar-refractivity contribution in [3.8, 4) is 0 Å². The summed E-state index contributed by atoms with van der Waals surface area (Å²) in [5.74, 6) is 0. The average molecular weight is 672 g/mol. The highest BCUT2D eigenvalue weighted by molar-refractivity contribution is 6.36. The number of benzene rings is 9. The number of hydrogen-bond acceptors (Lipinski definition) is 1. The molecular formula is C50H29N3. The van der Waals surface area contributed by atoms with E-state index in [4.69, 9.17) is 0 Å². The van der Waals surface area contributed by atoms with Crippen LogP contribution in [0.25, 0.3) is 97.7 Å². The lowest BCUT2D eigenvalue weighted by atomic mass is 9.97. The van der Waals surface area contributed by atoms with Gasteiger partial charge in [0.2, 0.25) is 0 Å². The summed E-state index contributed by atoms with van der Waals surface area (Å²) in [6.45, 7) is 0. The van der Waals surface area contributed by atoms with E-state index < -0.39 is 0 Å². The molecule has 0 aliphatic carbocycles. The first kappa shape index (κ1) is 27.6. The molecule has 0 atom stereocenters. The van der Waals surface area contributed by atoms with Gasteiger partial charge >= 0.3 is 0 Å². The molecule has 0 N–H and O–H groups in total. The van der Waals surface area contributed by atoms with Crippen molar-refractivity contribution < 1.29 is 0 Å². The predicted molar refractivity (Wildman–Crippen MR) is 225 cm³/mol. The second-order valence-corrected chi connectivity index (χ2v) is 14.5. The quantitative estimate of drug-likeness (QED) is 0.182. The number of aromatic nitrogens is 2. The summed E-state index contributed by atoms with van der Waals surface area (Å²) < 4.78 is 5.11. The highest BCUT2D eigenvalue weighted by Gasteiger charge is 2.28. The number of rotatable bonds is 3. The third-order valence-electron chi connectivity index (χ3n) is 11.9. The maximum absolute atomic E-state index is 2.61. The first-order chi connectivity index (χ1) is 26.3. The van der Waals surface area contributed by atoms with Crippen LogP contribution in [0.15, 0.2) is 176 Å². The van der Waals surface area contributed by atoms with Crippen LogP contribution in [-0.4, -0.2) is 8.80 Å². The number of nitrogens with zero attached hydrogens (tertiary/aromatic N) is 3. The van der Waals surface area contributed by atoms with E-state index in [-0.39, 0.29) is 0 Å². The average Bonchev–Trinajstić information content (AvgIpc) is 3.94. The minimum atomic E-state index is 1.13. The molecule has 0 aliphatic rings. The van der Waals surface area contributed by atoms with Crippen LogP contribution in [0.5, 0.6) is 0 Å². The van der Waals surface area contributed by atoms with Gasteiger partial charge in [-0.2, -0.15) is 0 Å². The number of anilines is 3. The van der Waals surface area contributed by atoms with E-state index >= 15 is 0 Å². The van der Waals surface area contributed by atoms with Gasteiger partial charge in [0.25, 0.3) is 0 Å². The van der Waals surface area contributed by atoms with Gasteiger partial charge in [-0.1, -0.05) is 121 Å². The van der Waals surface area contributed by atoms with Crippen molar-refractivity contribution in [3.05, 3.63) is 176 Å². The van der Waals surface area contributed by atoms with E-state index in [9.17, 15) is 0 Å². The van der Waals surface area contributed by atoms with Crippen LogP contribution in [0.3, 0.4) is 0 Å². The van der Waals surface area contributed by atoms with Crippen LogP contribution in [0.1, 0.15) is 0 Å². The van der Waals surface area contributed by atoms with Crippen LogP contribution in [0.2, 0.25) is 0 Å². The fourth-order valence-electron chi connectivity index (χ4n) is 9.79. The van der Waals surface area contributed by atoms with E-state index in [1.807, 2.05) is 0 Å². The van der Waals surface area contributed by atoms with Crippen LogP contribution in [0.4, 0.5) is 17.1 Å². The molecule has 0 saturated carbocycles. The van der Waals surface area contributed by atoms with Crippen LogP contribution in [-0.2, 0) is 0 Å². The summed E-state index contributed by atoms with van der Waals surface area (Å²) in [6.07, 6.45) is 0. The van der Waals surface area contributed by atoms with Gasteiger partial charge in [-0.3, -0.25) is 0 Å². The zero-order valence-electron chi connectivity index (χ0n) is 28.6. The number of para-hydroxylation sites is 4. The van der Waals surface area contributed by atoms with E-state index in [0.29, 0.717) is 0 Å². The van der Waals surface area contributed by atoms with Gasteiger partial charge < -0.3 is 13.7 Å². The van der Waals surface area contributed by atoms with Gasteiger partial charge in [-0.25, -0.2) is 0 Å². The second kappa shape index (κ2) is 9.81. The van der Waals surface area contributed by atoms with Gasteiger partial charge in [0, 0.05) is 59.9 Å². The lowest BCUT2D eigenvalue weighted by molar-refractivity contribution is 1.28. The van der Waals surface area contributed by atoms with Gasteiger partial charge in [-0.15, -0.1) is 0 Å². The predicted octanol–water partition coefficient (Wildman–Crippen LogP) is 13.8. The van der Waals surface area contributed by atoms with Gasteiger partial charge in [0.15, 0.2) is 0 Å². The van der Waals surface area contributed by atoms with Crippen molar-refractivity contribution in [3.63, 3.8) is 0 Å². The molecule has 0 bridgehead atoms. The fourth-order valence-corrected chi connectivity index (χ4v) is 9.79. The topological polar surface area (TPSA) is 12.1 Å². The molecule has 0 fully saturated rings. The Balaban J connectivity index is 1.32. The molecule has 4 aromatic heterocycles. The first-order valence-electron chi connectivity index (χ1n) is 18.4. The molecule has 13 aromatic rings. The Morgan fingerprint density at radius 1 is 0.302 bits per heavy atom. The molecule has 0 saturated heterocycles. The summed E-state index contributed by atoms with van der Waals surface area (Å²) in [5, 5.41) is 15.3. The maximum Gasteiger partial charge on any atom is 0.0789 e. The smallest absolute Gasteiger partial charge is 0.0789 e. The maximum atomic E-state index is 2.61. The number of hydrogen-bond donors (Lipinski definition) is 0. The molecule has 0 unspecified atom stereocenters. The van der Waals surface area contributed by atoms with Gasteiger partial charge in [-0.05, 0) is 70.8 Å². The summed E-state index contributed by atoms with van der Waals surface area (Å²) >= 11 is 0. The zero-order chi connectivity index (χ0) is 34.4. The minimum Gasteiger partial charge on any atom is -0.308 e. The summed E-state index contributed by atoms with van der Waals surface area (Å²) in [6, 6.07) is 65.1. The molecule has 0 amide bonds. The Bertz CT molecular complexity index is 3570. The monoisotopic (exact) mass is 671 g/mol. The summed E-state index contributed by atoms with van der Waals surface area (Å²) in [5.41, 5.74) is 11.0. The number of fused-ring (bicyclic) bond motifs is 15. The van der Waals surface area contributed by atoms with Crippen molar-refractivity contribution >= 4 is 115 Å². The first-order valence-corrected chi connectivity index (χ1v) is 18.4. The third-order valence-corrected chi connectivity index (χ3v) is 11.9. The molecule has 53 heavy (non-hydrogen) atoms. The highest BCUT2D eigenvalue weighted by atomic mass is 15.2. The standard InChI is InChI=1S/C50H29N3/c1-3-16-32(17-4-1)51(33-18-5-2-6-19-33)49-35-21-10-8-15-31(35)27-41-40-26-30-14-7-9-20-34(30)46-42-29-44-39(28-45(42)53(48(40)46)50(41)49)38-24-13-23-37-36-22-11-12-25-43(36)52(44)47(37)38/h1-29H. The van der Waals surface area contributed by atoms with Crippen LogP contribution in [0, 0.1) is 0 Å². The van der Waals surface area contributed by atoms with Crippen molar-refractivity contribution in [1.29, 1.82) is 0 Å². The molecule has 0 spiro atoms. The summed E-state index contributed by atoms with van der Waals surface area (Å²) in [7, 11) is 0. The van der Waals surface area contributed by atoms with Gasteiger partial charge in [0.1, 0.15) is 0 Å². The van der Waals surface area contributed by atoms with Crippen molar-refractivity contribution in [2.75, 3.05) is 4.90 Å². The molecule has 3 nitrogen and oxygen atoms in total. The summed E-state index contributed by atoms with van der Waals surface area (Å²) in [4.78, 5) is 2.47. The van der Waals surface area contributed by atoms with Crippen molar-refractivity contribution in [1.82, 2.24) is 8.80 Å². The second-order valence-electron chi connectivity index (χ2n) is 14.5. The SMILES string of the molecule is c1ccc(N(c2ccccc2)c2c3ccccc3cc3c4cc5ccccc5c5c6cc7c(cc6n(c23)c45)c2cccc3c4ccccc4n7c32)cc1. The molecule has 13 rings (SSSR count). The van der Waals surface area contributed by atoms with E-state index in [1.165, 1.54) is 103 Å². The highest BCUT2D eigenvalue weighted by Crippen LogP contribution is 2.51. The molecule has 244 valence electrons. The van der Waals surface area contributed by atoms with Crippen LogP contribution >= 0.6 is 0 Å². The molecule has 0 radical (unpaired) electrons. The lowest BCUT2D eigenvalue weighted by Gasteiger charge is -2.28. The fraction of sp³-hybridized carbons (Fsp3) is 0. The lowest BCUT2D eigenvalue weighted by Crippen LogP contribution is -2.11. The van der Waals surface area contributed by atoms with Gasteiger partial charge in [0.05, 0.1) is 38.8 Å². The van der Waals surface area contributed by atoms with Crippen molar-refractivity contribution in [2.24, 2.45) is 0 Å². The third kappa shape index (κ3) is 3.40.